The minimum absolute atomic E-state index is 2.03. The van der Waals surface area contributed by atoms with Crippen LogP contribution in [0.4, 0.5) is 0 Å². The predicted octanol–water partition coefficient (Wildman–Crippen LogP) is -1.12. The van der Waals surface area contributed by atoms with Crippen molar-refractivity contribution in [2.75, 3.05) is 0 Å². The molecule has 0 aliphatic carbocycles. The Morgan fingerprint density at radius 1 is 1.20 bits per heavy atom. The van der Waals surface area contributed by atoms with Crippen LogP contribution in [-0.4, -0.2) is 28.6 Å². The summed E-state index contributed by atoms with van der Waals surface area (Å²) in [4.78, 5) is 0. The molecule has 0 spiro atoms. The third-order valence-electron chi connectivity index (χ3n) is 0. The first-order valence-corrected chi connectivity index (χ1v) is 2.47. The number of hydrogen-bond acceptors (Lipinski definition) is 3. The maximum atomic E-state index is 8.50. The van der Waals surface area contributed by atoms with Gasteiger partial charge in [-0.15, -0.1) is 0 Å². The maximum absolute atomic E-state index is 8.50. The van der Waals surface area contributed by atoms with Crippen LogP contribution < -0.4 is 0 Å². The summed E-state index contributed by atoms with van der Waals surface area (Å²) < 4.78 is 24.8. The SMILES string of the molecule is O=[Te]=O.[B]=O. The zero-order valence-electron chi connectivity index (χ0n) is 2.21. The topological polar surface area (TPSA) is 51.2 Å². The van der Waals surface area contributed by atoms with Crippen LogP contribution in [0, 0.1) is 0 Å². The summed E-state index contributed by atoms with van der Waals surface area (Å²) >= 11 is -2.03. The molecule has 5 heteroatoms. The Kier molecular flexibility index (Phi) is 51.4. The van der Waals surface area contributed by atoms with Gasteiger partial charge in [0.05, 0.1) is 0 Å². The fraction of sp³-hybridized carbons (Fsp3) is 0. The zero-order valence-corrected chi connectivity index (χ0v) is 4.54. The van der Waals surface area contributed by atoms with Crippen LogP contribution >= 0.6 is 0 Å². The van der Waals surface area contributed by atoms with E-state index in [9.17, 15) is 0 Å². The molecule has 0 heterocycles. The normalized spacial score (nSPS) is 3.00. The van der Waals surface area contributed by atoms with Gasteiger partial charge in [-0.25, -0.2) is 0 Å². The van der Waals surface area contributed by atoms with Gasteiger partial charge < -0.3 is 0 Å². The van der Waals surface area contributed by atoms with Crippen LogP contribution in [0.3, 0.4) is 0 Å². The average Bonchev–Trinajstić information content (AvgIpc) is 1.46. The molecule has 0 saturated carbocycles. The van der Waals surface area contributed by atoms with E-state index < -0.39 is 20.9 Å². The summed E-state index contributed by atoms with van der Waals surface area (Å²) in [6.45, 7) is 0. The zero-order chi connectivity index (χ0) is 4.71. The minimum atomic E-state index is -2.03. The van der Waals surface area contributed by atoms with E-state index in [2.05, 4.69) is 7.72 Å². The van der Waals surface area contributed by atoms with Crippen molar-refractivity contribution in [2.45, 2.75) is 0 Å². The molecule has 1 radical (unpaired) electrons. The quantitative estimate of drug-likeness (QED) is 0.451. The first kappa shape index (κ1) is 8.98. The molecular weight excluding hydrogens is 186 g/mol. The second-order valence-corrected chi connectivity index (χ2v) is 0.456. The molecule has 0 fully saturated rings. The standard InChI is InChI=1S/BO.O2Te/c1-2;1-3-2. The average molecular weight is 186 g/mol. The van der Waals surface area contributed by atoms with Crippen molar-refractivity contribution in [1.82, 2.24) is 0 Å². The first-order valence-electron chi connectivity index (χ1n) is 0.569. The molecule has 0 N–H and O–H groups in total. The predicted molar refractivity (Wildman–Crippen MR) is 13.6 cm³/mol. The van der Waals surface area contributed by atoms with Crippen molar-refractivity contribution < 1.29 is 10.9 Å². The third kappa shape index (κ3) is 334. The van der Waals surface area contributed by atoms with Gasteiger partial charge >= 0.3 is 39.5 Å². The van der Waals surface area contributed by atoms with Gasteiger partial charge in [0.15, 0.2) is 0 Å². The first-order chi connectivity index (χ1) is 2.41. The molecule has 0 aliphatic heterocycles. The Morgan fingerprint density at radius 2 is 1.20 bits per heavy atom. The van der Waals surface area contributed by atoms with Gasteiger partial charge in [0, 0.05) is 0 Å². The molecular formula is BO3Te. The van der Waals surface area contributed by atoms with Crippen molar-refractivity contribution in [2.24, 2.45) is 0 Å². The van der Waals surface area contributed by atoms with Gasteiger partial charge in [-0.3, -0.25) is 0 Å². The Labute approximate surface area is 40.0 Å². The van der Waals surface area contributed by atoms with E-state index in [-0.39, 0.29) is 0 Å². The molecule has 0 aromatic carbocycles. The van der Waals surface area contributed by atoms with E-state index in [1.807, 2.05) is 0 Å². The summed E-state index contributed by atoms with van der Waals surface area (Å²) in [5, 5.41) is 0. The van der Waals surface area contributed by atoms with Crippen LogP contribution in [0.5, 0.6) is 0 Å². The summed E-state index contributed by atoms with van der Waals surface area (Å²) in [5.41, 5.74) is 0. The van der Waals surface area contributed by atoms with Crippen molar-refractivity contribution in [3.63, 3.8) is 0 Å². The van der Waals surface area contributed by atoms with Crippen LogP contribution in [0.15, 0.2) is 0 Å². The van der Waals surface area contributed by atoms with Crippen molar-refractivity contribution in [3.05, 3.63) is 0 Å². The molecule has 0 rings (SSSR count). The molecule has 0 unspecified atom stereocenters. The number of hydrogen-bond donors (Lipinski definition) is 0. The summed E-state index contributed by atoms with van der Waals surface area (Å²) in [6.07, 6.45) is 0. The molecule has 3 nitrogen and oxygen atoms in total. The third-order valence-corrected chi connectivity index (χ3v) is 0. The fourth-order valence-corrected chi connectivity index (χ4v) is 0. The molecule has 0 aromatic heterocycles. The van der Waals surface area contributed by atoms with Gasteiger partial charge in [0.25, 0.3) is 0 Å². The van der Waals surface area contributed by atoms with Gasteiger partial charge in [-0.05, 0) is 0 Å². The van der Waals surface area contributed by atoms with E-state index >= 15 is 0 Å². The second kappa shape index (κ2) is 28.6. The van der Waals surface area contributed by atoms with Crippen molar-refractivity contribution >= 4 is 28.6 Å². The van der Waals surface area contributed by atoms with Crippen LogP contribution in [-0.2, 0) is 10.9 Å². The van der Waals surface area contributed by atoms with Crippen LogP contribution in [0.2, 0.25) is 0 Å². The van der Waals surface area contributed by atoms with Gasteiger partial charge in [-0.1, -0.05) is 0 Å². The fourth-order valence-electron chi connectivity index (χ4n) is 0. The Morgan fingerprint density at radius 3 is 1.20 bits per heavy atom. The molecule has 5 heavy (non-hydrogen) atoms. The summed E-state index contributed by atoms with van der Waals surface area (Å²) in [5.74, 6) is 0. The van der Waals surface area contributed by atoms with Crippen molar-refractivity contribution in [3.8, 4) is 0 Å². The van der Waals surface area contributed by atoms with Crippen molar-refractivity contribution in [1.29, 1.82) is 0 Å². The molecule has 0 saturated heterocycles. The van der Waals surface area contributed by atoms with Gasteiger partial charge in [-0.2, -0.15) is 0 Å². The van der Waals surface area contributed by atoms with E-state index in [1.165, 1.54) is 0 Å². The monoisotopic (exact) mass is 189 g/mol. The molecule has 27 valence electrons. The van der Waals surface area contributed by atoms with E-state index in [0.717, 1.165) is 0 Å². The van der Waals surface area contributed by atoms with E-state index in [1.54, 1.807) is 0 Å². The second-order valence-electron chi connectivity index (χ2n) is 0.0680. The summed E-state index contributed by atoms with van der Waals surface area (Å²) in [7, 11) is 3.25. The van der Waals surface area contributed by atoms with Gasteiger partial charge in [0.2, 0.25) is 0 Å². The summed E-state index contributed by atoms with van der Waals surface area (Å²) in [6, 6.07) is 0. The number of rotatable bonds is 0. The molecule has 0 atom stereocenters. The molecule has 0 bridgehead atoms. The Bertz CT molecular complexity index is 36.2. The Hall–Kier alpha value is 0.255. The van der Waals surface area contributed by atoms with Crippen LogP contribution in [0.25, 0.3) is 0 Å². The molecule has 0 aliphatic rings. The van der Waals surface area contributed by atoms with E-state index in [4.69, 9.17) is 10.9 Å². The Balaban J connectivity index is 0. The van der Waals surface area contributed by atoms with Crippen LogP contribution in [0.1, 0.15) is 0 Å². The van der Waals surface area contributed by atoms with E-state index in [0.29, 0.717) is 0 Å². The molecule has 0 amide bonds. The molecule has 0 aromatic rings. The van der Waals surface area contributed by atoms with Gasteiger partial charge in [0.1, 0.15) is 0 Å².